The summed E-state index contributed by atoms with van der Waals surface area (Å²) in [4.78, 5) is 4.63. The molecule has 0 saturated heterocycles. The molecule has 106 valence electrons. The van der Waals surface area contributed by atoms with Crippen molar-refractivity contribution in [2.24, 2.45) is 0 Å². The number of nitrogen functional groups attached to an aromatic ring is 1. The molecule has 0 spiro atoms. The van der Waals surface area contributed by atoms with Crippen LogP contribution in [0, 0.1) is 5.82 Å². The fourth-order valence-electron chi connectivity index (χ4n) is 2.12. The molecule has 20 heavy (non-hydrogen) atoms. The lowest BCUT2D eigenvalue weighted by Gasteiger charge is -2.09. The van der Waals surface area contributed by atoms with Crippen LogP contribution in [-0.2, 0) is 6.54 Å². The van der Waals surface area contributed by atoms with Crippen molar-refractivity contribution in [2.75, 3.05) is 5.73 Å². The molecule has 0 aliphatic rings. The average Bonchev–Trinajstić information content (AvgIpc) is 2.68. The van der Waals surface area contributed by atoms with E-state index in [9.17, 15) is 4.39 Å². The summed E-state index contributed by atoms with van der Waals surface area (Å²) in [7, 11) is 0. The second-order valence-electron chi connectivity index (χ2n) is 4.88. The number of nitrogens with two attached hydrogens (primary N) is 1. The van der Waals surface area contributed by atoms with E-state index in [0.29, 0.717) is 22.5 Å². The summed E-state index contributed by atoms with van der Waals surface area (Å²) in [5.74, 6) is 1.41. The zero-order valence-electron chi connectivity index (χ0n) is 11.5. The topological polar surface area (TPSA) is 43.8 Å². The highest BCUT2D eigenvalue weighted by atomic mass is 79.9. The van der Waals surface area contributed by atoms with Crippen molar-refractivity contribution in [2.45, 2.75) is 26.3 Å². The molecule has 0 unspecified atom stereocenters. The number of imidazole rings is 1. The summed E-state index contributed by atoms with van der Waals surface area (Å²) >= 11 is 3.36. The summed E-state index contributed by atoms with van der Waals surface area (Å²) in [5, 5.41) is 0. The number of hydrogen-bond acceptors (Lipinski definition) is 2. The predicted molar refractivity (Wildman–Crippen MR) is 84.0 cm³/mol. The van der Waals surface area contributed by atoms with Crippen LogP contribution in [0.25, 0.3) is 11.3 Å². The molecule has 0 saturated carbocycles. The van der Waals surface area contributed by atoms with Crippen molar-refractivity contribution in [1.29, 1.82) is 0 Å². The van der Waals surface area contributed by atoms with Gasteiger partial charge in [-0.25, -0.2) is 9.37 Å². The molecule has 0 amide bonds. The van der Waals surface area contributed by atoms with Gasteiger partial charge in [0.1, 0.15) is 23.2 Å². The van der Waals surface area contributed by atoms with Gasteiger partial charge in [-0.15, -0.1) is 6.58 Å². The van der Waals surface area contributed by atoms with Crippen LogP contribution in [-0.4, -0.2) is 9.55 Å². The van der Waals surface area contributed by atoms with Crippen LogP contribution in [0.3, 0.4) is 0 Å². The van der Waals surface area contributed by atoms with E-state index in [1.54, 1.807) is 12.1 Å². The fraction of sp³-hybridized carbons (Fsp3) is 0.267. The Balaban J connectivity index is 2.62. The van der Waals surface area contributed by atoms with Gasteiger partial charge in [0.15, 0.2) is 0 Å². The quantitative estimate of drug-likeness (QED) is 0.843. The third kappa shape index (κ3) is 2.63. The Morgan fingerprint density at radius 2 is 2.20 bits per heavy atom. The van der Waals surface area contributed by atoms with Crippen LogP contribution in [0.15, 0.2) is 35.3 Å². The molecule has 0 aliphatic heterocycles. The monoisotopic (exact) mass is 337 g/mol. The molecule has 0 aliphatic carbocycles. The Hall–Kier alpha value is -1.62. The first kappa shape index (κ1) is 14.8. The van der Waals surface area contributed by atoms with E-state index >= 15 is 0 Å². The van der Waals surface area contributed by atoms with Crippen molar-refractivity contribution in [3.8, 4) is 11.3 Å². The van der Waals surface area contributed by atoms with E-state index < -0.39 is 0 Å². The maximum Gasteiger partial charge on any atom is 0.132 e. The molecule has 1 aromatic carbocycles. The van der Waals surface area contributed by atoms with Crippen LogP contribution < -0.4 is 5.73 Å². The minimum atomic E-state index is -0.297. The Morgan fingerprint density at radius 3 is 2.75 bits per heavy atom. The number of rotatable bonds is 4. The van der Waals surface area contributed by atoms with E-state index in [2.05, 4.69) is 41.3 Å². The molecule has 0 fully saturated rings. The Bertz CT molecular complexity index is 647. The average molecular weight is 338 g/mol. The highest BCUT2D eigenvalue weighted by Gasteiger charge is 2.19. The van der Waals surface area contributed by atoms with Gasteiger partial charge in [-0.05, 0) is 34.1 Å². The highest BCUT2D eigenvalue weighted by molar-refractivity contribution is 9.10. The van der Waals surface area contributed by atoms with E-state index in [0.717, 1.165) is 11.4 Å². The third-order valence-corrected chi connectivity index (χ3v) is 3.71. The molecule has 1 heterocycles. The summed E-state index contributed by atoms with van der Waals surface area (Å²) in [5.41, 5.74) is 7.66. The highest BCUT2D eigenvalue weighted by Crippen LogP contribution is 2.34. The van der Waals surface area contributed by atoms with Gasteiger partial charge in [0, 0.05) is 22.5 Å². The third-order valence-electron chi connectivity index (χ3n) is 3.05. The standard InChI is InChI=1S/C15H17BrFN3/c1-4-7-20-14(18)13(19-15(20)9(2)3)11-6-5-10(17)8-12(11)16/h4-6,8-9H,1,7,18H2,2-3H3. The zero-order chi connectivity index (χ0) is 14.9. The first-order chi connectivity index (χ1) is 9.45. The second-order valence-corrected chi connectivity index (χ2v) is 5.74. The maximum atomic E-state index is 13.2. The fourth-order valence-corrected chi connectivity index (χ4v) is 2.66. The summed E-state index contributed by atoms with van der Waals surface area (Å²) in [6.07, 6.45) is 1.79. The minimum absolute atomic E-state index is 0.241. The van der Waals surface area contributed by atoms with Gasteiger partial charge in [-0.2, -0.15) is 0 Å². The molecule has 1 aromatic heterocycles. The predicted octanol–water partition coefficient (Wildman–Crippen LogP) is 4.34. The van der Waals surface area contributed by atoms with Crippen LogP contribution >= 0.6 is 15.9 Å². The lowest BCUT2D eigenvalue weighted by molar-refractivity contribution is 0.627. The molecule has 0 bridgehead atoms. The molecule has 5 heteroatoms. The molecular formula is C15H17BrFN3. The van der Waals surface area contributed by atoms with Crippen molar-refractivity contribution in [3.63, 3.8) is 0 Å². The van der Waals surface area contributed by atoms with Crippen molar-refractivity contribution in [3.05, 3.63) is 47.0 Å². The molecule has 2 rings (SSSR count). The van der Waals surface area contributed by atoms with Crippen LogP contribution in [0.1, 0.15) is 25.6 Å². The SMILES string of the molecule is C=CCn1c(C(C)C)nc(-c2ccc(F)cc2Br)c1N. The number of nitrogens with zero attached hydrogens (tertiary/aromatic N) is 2. The summed E-state index contributed by atoms with van der Waals surface area (Å²) in [6.45, 7) is 8.47. The molecular weight excluding hydrogens is 321 g/mol. The maximum absolute atomic E-state index is 13.2. The van der Waals surface area contributed by atoms with Crippen LogP contribution in [0.4, 0.5) is 10.2 Å². The molecule has 2 N–H and O–H groups in total. The largest absolute Gasteiger partial charge is 0.383 e. The van der Waals surface area contributed by atoms with E-state index in [1.165, 1.54) is 12.1 Å². The second kappa shape index (κ2) is 5.79. The van der Waals surface area contributed by atoms with Gasteiger partial charge >= 0.3 is 0 Å². The van der Waals surface area contributed by atoms with E-state index in [-0.39, 0.29) is 11.7 Å². The van der Waals surface area contributed by atoms with E-state index in [4.69, 9.17) is 5.73 Å². The van der Waals surface area contributed by atoms with Gasteiger partial charge < -0.3 is 10.3 Å². The van der Waals surface area contributed by atoms with Gasteiger partial charge in [0.05, 0.1) is 0 Å². The van der Waals surface area contributed by atoms with Crippen LogP contribution in [0.5, 0.6) is 0 Å². The van der Waals surface area contributed by atoms with Crippen molar-refractivity contribution < 1.29 is 4.39 Å². The molecule has 2 aromatic rings. The normalized spacial score (nSPS) is 11.1. The van der Waals surface area contributed by atoms with Gasteiger partial charge in [-0.1, -0.05) is 19.9 Å². The Kier molecular flexibility index (Phi) is 4.28. The molecule has 3 nitrogen and oxygen atoms in total. The smallest absolute Gasteiger partial charge is 0.132 e. The van der Waals surface area contributed by atoms with Crippen molar-refractivity contribution >= 4 is 21.7 Å². The Labute approximate surface area is 126 Å². The number of hydrogen-bond donors (Lipinski definition) is 1. The Morgan fingerprint density at radius 1 is 1.50 bits per heavy atom. The van der Waals surface area contributed by atoms with Crippen molar-refractivity contribution in [1.82, 2.24) is 9.55 Å². The number of benzene rings is 1. The van der Waals surface area contributed by atoms with Crippen LogP contribution in [0.2, 0.25) is 0 Å². The number of allylic oxidation sites excluding steroid dienone is 1. The summed E-state index contributed by atoms with van der Waals surface area (Å²) in [6, 6.07) is 4.50. The summed E-state index contributed by atoms with van der Waals surface area (Å²) < 4.78 is 15.8. The number of anilines is 1. The lowest BCUT2D eigenvalue weighted by atomic mass is 10.1. The van der Waals surface area contributed by atoms with Gasteiger partial charge in [0.25, 0.3) is 0 Å². The minimum Gasteiger partial charge on any atom is -0.383 e. The van der Waals surface area contributed by atoms with Gasteiger partial charge in [-0.3, -0.25) is 0 Å². The first-order valence-electron chi connectivity index (χ1n) is 6.38. The molecule has 0 radical (unpaired) electrons. The number of halogens is 2. The van der Waals surface area contributed by atoms with Gasteiger partial charge in [0.2, 0.25) is 0 Å². The lowest BCUT2D eigenvalue weighted by Crippen LogP contribution is -2.07. The number of aromatic nitrogens is 2. The zero-order valence-corrected chi connectivity index (χ0v) is 13.1. The first-order valence-corrected chi connectivity index (χ1v) is 7.17. The molecule has 0 atom stereocenters. The van der Waals surface area contributed by atoms with E-state index in [1.807, 2.05) is 4.57 Å².